The zero-order valence-corrected chi connectivity index (χ0v) is 17.3. The van der Waals surface area contributed by atoms with Crippen LogP contribution in [-0.2, 0) is 16.1 Å². The van der Waals surface area contributed by atoms with Crippen LogP contribution in [0.4, 0.5) is 0 Å². The van der Waals surface area contributed by atoms with Gasteiger partial charge < -0.3 is 4.74 Å². The summed E-state index contributed by atoms with van der Waals surface area (Å²) in [5.74, 6) is -0.562. The first-order chi connectivity index (χ1) is 14.2. The third-order valence-corrected chi connectivity index (χ3v) is 4.62. The lowest BCUT2D eigenvalue weighted by atomic mass is 10.0. The molecule has 30 heavy (non-hydrogen) atoms. The standard InChI is InChI=1S/C23H22N4O3/c1-14(28)22-18-10-16(15-5-7-19-17(9-15)11-24-13-25-19)6-8-20(18)27(26-22)12-21(29)30-23(2,3)4/h5-11,13H,12H2,1-4H3. The third-order valence-electron chi connectivity index (χ3n) is 4.62. The molecule has 0 aliphatic carbocycles. The van der Waals surface area contributed by atoms with Crippen molar-refractivity contribution in [2.45, 2.75) is 39.8 Å². The summed E-state index contributed by atoms with van der Waals surface area (Å²) in [6, 6.07) is 11.7. The van der Waals surface area contributed by atoms with Crippen molar-refractivity contribution in [1.29, 1.82) is 0 Å². The summed E-state index contributed by atoms with van der Waals surface area (Å²) in [6.45, 7) is 6.85. The van der Waals surface area contributed by atoms with Crippen LogP contribution in [0.2, 0.25) is 0 Å². The number of Topliss-reactive ketones (excluding diaryl/α,β-unsaturated/α-hetero) is 1. The number of ether oxygens (including phenoxy) is 1. The average Bonchev–Trinajstić information content (AvgIpc) is 3.04. The number of hydrogen-bond acceptors (Lipinski definition) is 6. The lowest BCUT2D eigenvalue weighted by molar-refractivity contribution is -0.155. The number of carbonyl (C=O) groups excluding carboxylic acids is 2. The molecule has 0 N–H and O–H groups in total. The molecule has 4 rings (SSSR count). The van der Waals surface area contributed by atoms with Crippen molar-refractivity contribution >= 4 is 33.6 Å². The summed E-state index contributed by atoms with van der Waals surface area (Å²) < 4.78 is 6.92. The van der Waals surface area contributed by atoms with Gasteiger partial charge in [0, 0.05) is 23.9 Å². The lowest BCUT2D eigenvalue weighted by Crippen LogP contribution is -2.26. The Morgan fingerprint density at radius 1 is 1.07 bits per heavy atom. The Morgan fingerprint density at radius 2 is 1.80 bits per heavy atom. The van der Waals surface area contributed by atoms with Gasteiger partial charge in [-0.3, -0.25) is 14.3 Å². The molecule has 2 aromatic carbocycles. The molecule has 4 aromatic rings. The van der Waals surface area contributed by atoms with Crippen LogP contribution in [0.15, 0.2) is 48.9 Å². The van der Waals surface area contributed by atoms with E-state index in [0.717, 1.165) is 22.0 Å². The van der Waals surface area contributed by atoms with Gasteiger partial charge in [-0.25, -0.2) is 9.97 Å². The lowest BCUT2D eigenvalue weighted by Gasteiger charge is -2.19. The van der Waals surface area contributed by atoms with E-state index < -0.39 is 11.6 Å². The van der Waals surface area contributed by atoms with Gasteiger partial charge in [-0.15, -0.1) is 0 Å². The largest absolute Gasteiger partial charge is 0.459 e. The van der Waals surface area contributed by atoms with Gasteiger partial charge in [-0.05, 0) is 56.2 Å². The Labute approximate surface area is 173 Å². The first-order valence-electron chi connectivity index (χ1n) is 9.65. The number of carbonyl (C=O) groups is 2. The highest BCUT2D eigenvalue weighted by Gasteiger charge is 2.20. The van der Waals surface area contributed by atoms with Crippen molar-refractivity contribution in [1.82, 2.24) is 19.7 Å². The van der Waals surface area contributed by atoms with Gasteiger partial charge in [0.05, 0.1) is 11.0 Å². The van der Waals surface area contributed by atoms with Crippen molar-refractivity contribution in [2.75, 3.05) is 0 Å². The van der Waals surface area contributed by atoms with E-state index in [1.165, 1.54) is 17.9 Å². The van der Waals surface area contributed by atoms with Crippen molar-refractivity contribution in [3.63, 3.8) is 0 Å². The van der Waals surface area contributed by atoms with E-state index in [1.54, 1.807) is 6.20 Å². The van der Waals surface area contributed by atoms with Crippen LogP contribution >= 0.6 is 0 Å². The number of fused-ring (bicyclic) bond motifs is 2. The fourth-order valence-electron chi connectivity index (χ4n) is 3.40. The van der Waals surface area contributed by atoms with Gasteiger partial charge in [-0.1, -0.05) is 12.1 Å². The molecule has 0 atom stereocenters. The Bertz CT molecular complexity index is 1280. The molecule has 0 radical (unpaired) electrons. The summed E-state index contributed by atoms with van der Waals surface area (Å²) in [6.07, 6.45) is 3.29. The van der Waals surface area contributed by atoms with Crippen molar-refractivity contribution in [3.05, 3.63) is 54.6 Å². The average molecular weight is 402 g/mol. The topological polar surface area (TPSA) is 87.0 Å². The fourth-order valence-corrected chi connectivity index (χ4v) is 3.40. The molecule has 0 saturated heterocycles. The van der Waals surface area contributed by atoms with Gasteiger partial charge in [0.25, 0.3) is 0 Å². The highest BCUT2D eigenvalue weighted by molar-refractivity contribution is 6.06. The van der Waals surface area contributed by atoms with Crippen LogP contribution < -0.4 is 0 Å². The van der Waals surface area contributed by atoms with Gasteiger partial charge in [-0.2, -0.15) is 5.10 Å². The van der Waals surface area contributed by atoms with E-state index in [0.29, 0.717) is 16.6 Å². The number of ketones is 1. The first-order valence-corrected chi connectivity index (χ1v) is 9.65. The first kappa shape index (κ1) is 19.7. The summed E-state index contributed by atoms with van der Waals surface area (Å²) in [4.78, 5) is 32.8. The van der Waals surface area contributed by atoms with Crippen LogP contribution in [0.25, 0.3) is 32.9 Å². The minimum absolute atomic E-state index is 0.0618. The van der Waals surface area contributed by atoms with Crippen molar-refractivity contribution in [2.24, 2.45) is 0 Å². The number of esters is 1. The van der Waals surface area contributed by atoms with E-state index in [1.807, 2.05) is 57.2 Å². The SMILES string of the molecule is CC(=O)c1nn(CC(=O)OC(C)(C)C)c2ccc(-c3ccc4ncncc4c3)cc12. The van der Waals surface area contributed by atoms with E-state index in [-0.39, 0.29) is 12.3 Å². The number of benzene rings is 2. The normalized spacial score (nSPS) is 11.7. The Kier molecular flexibility index (Phi) is 4.81. The van der Waals surface area contributed by atoms with Gasteiger partial charge in [0.15, 0.2) is 5.78 Å². The molecule has 0 spiro atoms. The molecule has 2 heterocycles. The number of aromatic nitrogens is 4. The molecular formula is C23H22N4O3. The molecule has 7 nitrogen and oxygen atoms in total. The molecule has 0 saturated carbocycles. The molecule has 152 valence electrons. The second-order valence-corrected chi connectivity index (χ2v) is 8.18. The van der Waals surface area contributed by atoms with Crippen LogP contribution in [0.1, 0.15) is 38.2 Å². The maximum absolute atomic E-state index is 12.3. The molecule has 0 bridgehead atoms. The summed E-state index contributed by atoms with van der Waals surface area (Å²) >= 11 is 0. The number of nitrogens with zero attached hydrogens (tertiary/aromatic N) is 4. The molecule has 0 aliphatic rings. The molecule has 0 unspecified atom stereocenters. The summed E-state index contributed by atoms with van der Waals surface area (Å²) in [5, 5.41) is 6.02. The van der Waals surface area contributed by atoms with Gasteiger partial charge >= 0.3 is 5.97 Å². The number of hydrogen-bond donors (Lipinski definition) is 0. The summed E-state index contributed by atoms with van der Waals surface area (Å²) in [7, 11) is 0. The Hall–Kier alpha value is -3.61. The van der Waals surface area contributed by atoms with Crippen molar-refractivity contribution < 1.29 is 14.3 Å². The smallest absolute Gasteiger partial charge is 0.328 e. The number of rotatable bonds is 4. The van der Waals surface area contributed by atoms with Crippen LogP contribution in [-0.4, -0.2) is 37.1 Å². The zero-order valence-electron chi connectivity index (χ0n) is 17.3. The fraction of sp³-hybridized carbons (Fsp3) is 0.261. The predicted octanol–water partition coefficient (Wildman–Crippen LogP) is 4.19. The molecule has 0 aliphatic heterocycles. The van der Waals surface area contributed by atoms with E-state index in [9.17, 15) is 9.59 Å². The van der Waals surface area contributed by atoms with Gasteiger partial charge in [0.2, 0.25) is 0 Å². The molecule has 0 fully saturated rings. The molecule has 0 amide bonds. The Balaban J connectivity index is 1.77. The van der Waals surface area contributed by atoms with Gasteiger partial charge in [0.1, 0.15) is 24.2 Å². The minimum atomic E-state index is -0.587. The highest BCUT2D eigenvalue weighted by atomic mass is 16.6. The Morgan fingerprint density at radius 3 is 2.53 bits per heavy atom. The monoisotopic (exact) mass is 402 g/mol. The molecular weight excluding hydrogens is 380 g/mol. The van der Waals surface area contributed by atoms with Crippen LogP contribution in [0.5, 0.6) is 0 Å². The zero-order chi connectivity index (χ0) is 21.5. The van der Waals surface area contributed by atoms with E-state index in [4.69, 9.17) is 4.74 Å². The maximum atomic E-state index is 12.3. The third kappa shape index (κ3) is 3.91. The molecule has 7 heteroatoms. The second-order valence-electron chi connectivity index (χ2n) is 8.18. The minimum Gasteiger partial charge on any atom is -0.459 e. The summed E-state index contributed by atoms with van der Waals surface area (Å²) in [5.41, 5.74) is 3.24. The van der Waals surface area contributed by atoms with Crippen LogP contribution in [0.3, 0.4) is 0 Å². The van der Waals surface area contributed by atoms with Crippen LogP contribution in [0, 0.1) is 0 Å². The second kappa shape index (κ2) is 7.33. The quantitative estimate of drug-likeness (QED) is 0.376. The van der Waals surface area contributed by atoms with E-state index in [2.05, 4.69) is 15.1 Å². The van der Waals surface area contributed by atoms with E-state index >= 15 is 0 Å². The molecule has 2 aromatic heterocycles. The highest BCUT2D eigenvalue weighted by Crippen LogP contribution is 2.29. The maximum Gasteiger partial charge on any atom is 0.328 e. The predicted molar refractivity (Wildman–Crippen MR) is 114 cm³/mol. The van der Waals surface area contributed by atoms with Crippen molar-refractivity contribution in [3.8, 4) is 11.1 Å².